The predicted molar refractivity (Wildman–Crippen MR) is 84.2 cm³/mol. The van der Waals surface area contributed by atoms with E-state index in [-0.39, 0.29) is 35.8 Å². The third kappa shape index (κ3) is 4.31. The number of carbonyl (C=O) groups excluding carboxylic acids is 1. The fourth-order valence-electron chi connectivity index (χ4n) is 2.03. The van der Waals surface area contributed by atoms with Crippen LogP contribution in [-0.2, 0) is 16.0 Å². The lowest BCUT2D eigenvalue weighted by Crippen LogP contribution is -2.07. The van der Waals surface area contributed by atoms with E-state index in [0.29, 0.717) is 5.56 Å². The molecular formula is C18H13FN2O3. The summed E-state index contributed by atoms with van der Waals surface area (Å²) in [6, 6.07) is 10.1. The van der Waals surface area contributed by atoms with Crippen molar-refractivity contribution in [3.05, 3.63) is 64.8 Å². The highest BCUT2D eigenvalue weighted by Gasteiger charge is 2.11. The second-order valence-electron chi connectivity index (χ2n) is 4.79. The van der Waals surface area contributed by atoms with Crippen molar-refractivity contribution in [1.29, 1.82) is 5.26 Å². The van der Waals surface area contributed by atoms with Crippen LogP contribution in [0.4, 0.5) is 10.1 Å². The van der Waals surface area contributed by atoms with Crippen molar-refractivity contribution in [3.8, 4) is 17.6 Å². The van der Waals surface area contributed by atoms with Gasteiger partial charge in [0.05, 0.1) is 31.2 Å². The monoisotopic (exact) mass is 324 g/mol. The van der Waals surface area contributed by atoms with Crippen molar-refractivity contribution in [2.24, 2.45) is 0 Å². The number of rotatable bonds is 5. The first kappa shape index (κ1) is 17.0. The molecule has 2 rings (SSSR count). The fraction of sp³-hybridized carbons (Fsp3) is 0.167. The standard InChI is InChI=1S/C18H13FN2O3/c1-3-23-18(22)9-12-4-5-16(21-2)17(8-12)24-15-7-13(11-20)6-14(19)10-15/h4-8,10H,3,9H2,1H3. The van der Waals surface area contributed by atoms with Gasteiger partial charge in [0, 0.05) is 6.07 Å². The Morgan fingerprint density at radius 3 is 2.79 bits per heavy atom. The minimum atomic E-state index is -0.615. The summed E-state index contributed by atoms with van der Waals surface area (Å²) in [5, 5.41) is 8.87. The minimum Gasteiger partial charge on any atom is -0.468 e. The normalized spacial score (nSPS) is 9.67. The van der Waals surface area contributed by atoms with Crippen LogP contribution < -0.4 is 4.74 Å². The summed E-state index contributed by atoms with van der Waals surface area (Å²) in [6.45, 7) is 9.17. The number of hydrogen-bond donors (Lipinski definition) is 0. The number of carbonyl (C=O) groups is 1. The van der Waals surface area contributed by atoms with Gasteiger partial charge in [-0.3, -0.25) is 4.79 Å². The van der Waals surface area contributed by atoms with Gasteiger partial charge in [0.15, 0.2) is 0 Å². The topological polar surface area (TPSA) is 63.7 Å². The molecule has 0 unspecified atom stereocenters. The van der Waals surface area contributed by atoms with Crippen LogP contribution in [0.1, 0.15) is 18.1 Å². The number of hydrogen-bond acceptors (Lipinski definition) is 4. The maximum Gasteiger partial charge on any atom is 0.310 e. The van der Waals surface area contributed by atoms with Crippen LogP contribution in [-0.4, -0.2) is 12.6 Å². The van der Waals surface area contributed by atoms with E-state index < -0.39 is 11.8 Å². The van der Waals surface area contributed by atoms with Gasteiger partial charge >= 0.3 is 5.97 Å². The second-order valence-corrected chi connectivity index (χ2v) is 4.79. The van der Waals surface area contributed by atoms with E-state index >= 15 is 0 Å². The number of nitrogens with zero attached hydrogens (tertiary/aromatic N) is 2. The Hall–Kier alpha value is -3.38. The third-order valence-corrected chi connectivity index (χ3v) is 3.03. The van der Waals surface area contributed by atoms with Crippen LogP contribution >= 0.6 is 0 Å². The Kier molecular flexibility index (Phi) is 5.49. The predicted octanol–water partition coefficient (Wildman–Crippen LogP) is 4.15. The zero-order chi connectivity index (χ0) is 17.5. The van der Waals surface area contributed by atoms with Crippen molar-refractivity contribution < 1.29 is 18.7 Å². The molecule has 0 aliphatic heterocycles. The highest BCUT2D eigenvalue weighted by atomic mass is 19.1. The molecule has 0 bridgehead atoms. The van der Waals surface area contributed by atoms with E-state index in [4.69, 9.17) is 21.3 Å². The molecule has 2 aromatic rings. The van der Waals surface area contributed by atoms with E-state index in [9.17, 15) is 9.18 Å². The molecule has 0 saturated heterocycles. The van der Waals surface area contributed by atoms with Gasteiger partial charge < -0.3 is 9.47 Å². The number of benzene rings is 2. The third-order valence-electron chi connectivity index (χ3n) is 3.03. The molecule has 0 atom stereocenters. The summed E-state index contributed by atoms with van der Waals surface area (Å²) in [5.41, 5.74) is 0.926. The Balaban J connectivity index is 2.31. The lowest BCUT2D eigenvalue weighted by atomic mass is 10.1. The van der Waals surface area contributed by atoms with Crippen molar-refractivity contribution in [3.63, 3.8) is 0 Å². The smallest absolute Gasteiger partial charge is 0.310 e. The molecule has 0 spiro atoms. The lowest BCUT2D eigenvalue weighted by Gasteiger charge is -2.10. The fourth-order valence-corrected chi connectivity index (χ4v) is 2.03. The summed E-state index contributed by atoms with van der Waals surface area (Å²) in [5.74, 6) is -0.723. The Bertz CT molecular complexity index is 850. The molecule has 0 saturated carbocycles. The largest absolute Gasteiger partial charge is 0.468 e. The summed E-state index contributed by atoms with van der Waals surface area (Å²) in [7, 11) is 0. The first-order valence-corrected chi connectivity index (χ1v) is 7.10. The Morgan fingerprint density at radius 1 is 1.33 bits per heavy atom. The van der Waals surface area contributed by atoms with E-state index in [1.807, 2.05) is 6.07 Å². The van der Waals surface area contributed by atoms with Gasteiger partial charge in [-0.1, -0.05) is 12.1 Å². The molecule has 0 amide bonds. The lowest BCUT2D eigenvalue weighted by molar-refractivity contribution is -0.142. The molecule has 0 fully saturated rings. The first-order chi connectivity index (χ1) is 11.5. The van der Waals surface area contributed by atoms with Crippen LogP contribution in [0.25, 0.3) is 4.85 Å². The molecule has 6 heteroatoms. The number of nitriles is 1. The summed E-state index contributed by atoms with van der Waals surface area (Å²) in [4.78, 5) is 14.9. The molecule has 0 heterocycles. The van der Waals surface area contributed by atoms with Gasteiger partial charge in [-0.15, -0.1) is 0 Å². The van der Waals surface area contributed by atoms with E-state index in [1.165, 1.54) is 18.2 Å². The molecule has 0 radical (unpaired) electrons. The summed E-state index contributed by atoms with van der Waals surface area (Å²) in [6.07, 6.45) is 0.0368. The molecule has 24 heavy (non-hydrogen) atoms. The summed E-state index contributed by atoms with van der Waals surface area (Å²) >= 11 is 0. The average molecular weight is 324 g/mol. The Morgan fingerprint density at radius 2 is 2.12 bits per heavy atom. The highest BCUT2D eigenvalue weighted by molar-refractivity contribution is 5.73. The van der Waals surface area contributed by atoms with E-state index in [0.717, 1.165) is 12.1 Å². The van der Waals surface area contributed by atoms with E-state index in [1.54, 1.807) is 13.0 Å². The molecule has 2 aromatic carbocycles. The SMILES string of the molecule is [C-]#[N+]c1ccc(CC(=O)OCC)cc1Oc1cc(F)cc(C#N)c1. The molecular weight excluding hydrogens is 311 g/mol. The Labute approximate surface area is 138 Å². The number of halogens is 1. The van der Waals surface area contributed by atoms with Crippen molar-refractivity contribution in [2.45, 2.75) is 13.3 Å². The van der Waals surface area contributed by atoms with Crippen LogP contribution in [0.5, 0.6) is 11.5 Å². The van der Waals surface area contributed by atoms with Crippen LogP contribution in [0.3, 0.4) is 0 Å². The van der Waals surface area contributed by atoms with Crippen molar-refractivity contribution in [1.82, 2.24) is 0 Å². The van der Waals surface area contributed by atoms with Gasteiger partial charge in [-0.25, -0.2) is 9.24 Å². The highest BCUT2D eigenvalue weighted by Crippen LogP contribution is 2.33. The van der Waals surface area contributed by atoms with Gasteiger partial charge in [-0.2, -0.15) is 5.26 Å². The van der Waals surface area contributed by atoms with Crippen LogP contribution in [0.2, 0.25) is 0 Å². The molecule has 0 N–H and O–H groups in total. The molecule has 0 aliphatic carbocycles. The van der Waals surface area contributed by atoms with Gasteiger partial charge in [-0.05, 0) is 30.7 Å². The van der Waals surface area contributed by atoms with Gasteiger partial charge in [0.25, 0.3) is 0 Å². The molecule has 5 nitrogen and oxygen atoms in total. The van der Waals surface area contributed by atoms with Gasteiger partial charge in [0.1, 0.15) is 17.3 Å². The molecule has 120 valence electrons. The van der Waals surface area contributed by atoms with Crippen LogP contribution in [0, 0.1) is 23.7 Å². The zero-order valence-corrected chi connectivity index (χ0v) is 12.9. The maximum atomic E-state index is 13.5. The second kappa shape index (κ2) is 7.75. The summed E-state index contributed by atoms with van der Waals surface area (Å²) < 4.78 is 23.9. The first-order valence-electron chi connectivity index (χ1n) is 7.10. The van der Waals surface area contributed by atoms with Gasteiger partial charge in [0.2, 0.25) is 5.69 Å². The minimum absolute atomic E-state index is 0.0368. The maximum absolute atomic E-state index is 13.5. The number of ether oxygens (including phenoxy) is 2. The quantitative estimate of drug-likeness (QED) is 0.612. The van der Waals surface area contributed by atoms with E-state index in [2.05, 4.69) is 4.85 Å². The number of esters is 1. The zero-order valence-electron chi connectivity index (χ0n) is 12.9. The molecule has 0 aromatic heterocycles. The average Bonchev–Trinajstić information content (AvgIpc) is 2.54. The van der Waals surface area contributed by atoms with Crippen molar-refractivity contribution >= 4 is 11.7 Å². The molecule has 0 aliphatic rings. The van der Waals surface area contributed by atoms with Crippen LogP contribution in [0.15, 0.2) is 36.4 Å². The van der Waals surface area contributed by atoms with Crippen molar-refractivity contribution in [2.75, 3.05) is 6.61 Å².